The summed E-state index contributed by atoms with van der Waals surface area (Å²) in [7, 11) is 0. The van der Waals surface area contributed by atoms with E-state index in [1.165, 1.54) is 4.57 Å². The number of carbonyl (C=O) groups is 1. The number of alkyl halides is 2. The highest BCUT2D eigenvalue weighted by Gasteiger charge is 2.38. The number of rotatable bonds is 3. The Labute approximate surface area is 116 Å². The van der Waals surface area contributed by atoms with Crippen LogP contribution < -0.4 is 5.32 Å². The van der Waals surface area contributed by atoms with E-state index in [1.54, 1.807) is 18.3 Å². The third kappa shape index (κ3) is 2.44. The van der Waals surface area contributed by atoms with Crippen LogP contribution in [0.4, 0.5) is 8.78 Å². The fourth-order valence-electron chi connectivity index (χ4n) is 3.38. The van der Waals surface area contributed by atoms with Crippen molar-refractivity contribution in [3.63, 3.8) is 0 Å². The molecule has 1 N–H and O–H groups in total. The van der Waals surface area contributed by atoms with Crippen LogP contribution in [0.1, 0.15) is 23.3 Å². The predicted octanol–water partition coefficient (Wildman–Crippen LogP) is 1.58. The van der Waals surface area contributed by atoms with Crippen molar-refractivity contribution < 1.29 is 13.6 Å². The zero-order valence-electron chi connectivity index (χ0n) is 11.3. The van der Waals surface area contributed by atoms with Gasteiger partial charge < -0.3 is 14.8 Å². The van der Waals surface area contributed by atoms with E-state index in [0.29, 0.717) is 11.6 Å². The zero-order chi connectivity index (χ0) is 14.1. The molecule has 1 aromatic heterocycles. The third-order valence-corrected chi connectivity index (χ3v) is 4.32. The maximum Gasteiger partial charge on any atom is 0.270 e. The second kappa shape index (κ2) is 5.52. The van der Waals surface area contributed by atoms with Crippen molar-refractivity contribution in [2.24, 2.45) is 5.92 Å². The smallest absolute Gasteiger partial charge is 0.270 e. The maximum atomic E-state index is 12.6. The van der Waals surface area contributed by atoms with Gasteiger partial charge in [0.2, 0.25) is 0 Å². The zero-order valence-corrected chi connectivity index (χ0v) is 11.3. The lowest BCUT2D eigenvalue weighted by Crippen LogP contribution is -2.48. The van der Waals surface area contributed by atoms with Crippen LogP contribution in [0, 0.1) is 5.92 Å². The van der Waals surface area contributed by atoms with Crippen molar-refractivity contribution in [1.29, 1.82) is 0 Å². The van der Waals surface area contributed by atoms with E-state index in [2.05, 4.69) is 5.32 Å². The second-order valence-electron chi connectivity index (χ2n) is 5.56. The van der Waals surface area contributed by atoms with E-state index >= 15 is 0 Å². The number of likely N-dealkylation sites (tertiary alicyclic amines) is 1. The van der Waals surface area contributed by atoms with Gasteiger partial charge in [-0.1, -0.05) is 0 Å². The van der Waals surface area contributed by atoms with Gasteiger partial charge in [0.25, 0.3) is 12.3 Å². The van der Waals surface area contributed by atoms with Gasteiger partial charge in [0.15, 0.2) is 0 Å². The fourth-order valence-corrected chi connectivity index (χ4v) is 3.38. The number of fused-ring (bicyclic) bond motifs is 1. The van der Waals surface area contributed by atoms with Gasteiger partial charge in [-0.05, 0) is 30.9 Å². The molecule has 0 aromatic carbocycles. The van der Waals surface area contributed by atoms with E-state index in [1.807, 2.05) is 4.90 Å². The van der Waals surface area contributed by atoms with E-state index in [-0.39, 0.29) is 11.9 Å². The number of aromatic nitrogens is 1. The molecule has 0 radical (unpaired) electrons. The van der Waals surface area contributed by atoms with Gasteiger partial charge in [0.05, 0.1) is 6.54 Å². The molecule has 0 aliphatic carbocycles. The number of halogens is 2. The minimum atomic E-state index is -2.45. The highest BCUT2D eigenvalue weighted by atomic mass is 19.3. The molecule has 2 unspecified atom stereocenters. The van der Waals surface area contributed by atoms with Crippen molar-refractivity contribution in [3.05, 3.63) is 24.0 Å². The minimum absolute atomic E-state index is 0.117. The summed E-state index contributed by atoms with van der Waals surface area (Å²) in [6, 6.07) is 3.51. The highest BCUT2D eigenvalue weighted by molar-refractivity contribution is 5.93. The number of carbonyl (C=O) groups excluding carboxylic acids is 1. The van der Waals surface area contributed by atoms with Crippen molar-refractivity contribution in [2.75, 3.05) is 19.6 Å². The Morgan fingerprint density at radius 1 is 1.45 bits per heavy atom. The number of nitrogens with one attached hydrogen (secondary N) is 1. The predicted molar refractivity (Wildman–Crippen MR) is 70.9 cm³/mol. The molecule has 3 rings (SSSR count). The summed E-state index contributed by atoms with van der Waals surface area (Å²) < 4.78 is 26.4. The molecule has 2 aliphatic heterocycles. The number of hydrogen-bond donors (Lipinski definition) is 1. The molecule has 0 spiro atoms. The topological polar surface area (TPSA) is 37.3 Å². The van der Waals surface area contributed by atoms with Crippen LogP contribution in [0.3, 0.4) is 0 Å². The van der Waals surface area contributed by atoms with Gasteiger partial charge in [-0.25, -0.2) is 8.78 Å². The molecule has 110 valence electrons. The van der Waals surface area contributed by atoms with Crippen molar-refractivity contribution in [2.45, 2.75) is 31.9 Å². The first-order chi connectivity index (χ1) is 9.66. The Morgan fingerprint density at radius 3 is 3.10 bits per heavy atom. The Morgan fingerprint density at radius 2 is 2.30 bits per heavy atom. The number of nitrogens with zero attached hydrogens (tertiary/aromatic N) is 2. The number of amides is 1. The monoisotopic (exact) mass is 283 g/mol. The molecule has 2 atom stereocenters. The fraction of sp³-hybridized carbons (Fsp3) is 0.643. The van der Waals surface area contributed by atoms with Crippen LogP contribution in [-0.4, -0.2) is 47.5 Å². The average molecular weight is 283 g/mol. The molecule has 6 heteroatoms. The minimum Gasteiger partial charge on any atom is -0.338 e. The van der Waals surface area contributed by atoms with Crippen LogP contribution in [0.2, 0.25) is 0 Å². The molecule has 2 aliphatic rings. The molecular formula is C14H19F2N3O. The van der Waals surface area contributed by atoms with Crippen molar-refractivity contribution >= 4 is 5.91 Å². The lowest BCUT2D eigenvalue weighted by Gasteiger charge is -2.37. The molecule has 1 aromatic rings. The van der Waals surface area contributed by atoms with Crippen LogP contribution in [-0.2, 0) is 6.54 Å². The van der Waals surface area contributed by atoms with Gasteiger partial charge >= 0.3 is 0 Å². The van der Waals surface area contributed by atoms with E-state index in [0.717, 1.165) is 32.5 Å². The summed E-state index contributed by atoms with van der Waals surface area (Å²) in [5.74, 6) is 0.389. The average Bonchev–Trinajstić information content (AvgIpc) is 3.05. The largest absolute Gasteiger partial charge is 0.338 e. The molecule has 2 saturated heterocycles. The van der Waals surface area contributed by atoms with E-state index in [9.17, 15) is 13.6 Å². The maximum absolute atomic E-state index is 12.6. The SMILES string of the molecule is O=C(c1cccn1CC(F)F)N1CCCC2CNCC21. The Kier molecular flexibility index (Phi) is 3.74. The number of hydrogen-bond acceptors (Lipinski definition) is 2. The quantitative estimate of drug-likeness (QED) is 0.914. The van der Waals surface area contributed by atoms with Gasteiger partial charge in [-0.15, -0.1) is 0 Å². The van der Waals surface area contributed by atoms with Gasteiger partial charge in [-0.3, -0.25) is 4.79 Å². The molecule has 0 bridgehead atoms. The van der Waals surface area contributed by atoms with E-state index in [4.69, 9.17) is 0 Å². The standard InChI is InChI=1S/C14H19F2N3O/c15-13(16)9-18-5-2-4-11(18)14(20)19-6-1-3-10-7-17-8-12(10)19/h2,4-5,10,12-13,17H,1,3,6-9H2. The summed E-state index contributed by atoms with van der Waals surface area (Å²) in [5, 5.41) is 3.32. The van der Waals surface area contributed by atoms with Gasteiger partial charge in [0, 0.05) is 31.9 Å². The van der Waals surface area contributed by atoms with Crippen LogP contribution in [0.25, 0.3) is 0 Å². The number of piperidine rings is 1. The van der Waals surface area contributed by atoms with E-state index < -0.39 is 13.0 Å². The normalized spacial score (nSPS) is 26.1. The summed E-state index contributed by atoms with van der Waals surface area (Å²) in [6.07, 6.45) is 1.23. The third-order valence-electron chi connectivity index (χ3n) is 4.32. The first-order valence-corrected chi connectivity index (χ1v) is 7.12. The Bertz CT molecular complexity index is 489. The molecular weight excluding hydrogens is 264 g/mol. The van der Waals surface area contributed by atoms with Gasteiger partial charge in [-0.2, -0.15) is 0 Å². The van der Waals surface area contributed by atoms with Crippen molar-refractivity contribution in [3.8, 4) is 0 Å². The molecule has 3 heterocycles. The van der Waals surface area contributed by atoms with Crippen LogP contribution in [0.15, 0.2) is 18.3 Å². The van der Waals surface area contributed by atoms with Gasteiger partial charge in [0.1, 0.15) is 5.69 Å². The summed E-state index contributed by atoms with van der Waals surface area (Å²) in [6.45, 7) is 2.06. The molecule has 2 fully saturated rings. The Balaban J connectivity index is 1.79. The van der Waals surface area contributed by atoms with Crippen LogP contribution in [0.5, 0.6) is 0 Å². The lowest BCUT2D eigenvalue weighted by atomic mass is 9.92. The summed E-state index contributed by atoms with van der Waals surface area (Å²) >= 11 is 0. The molecule has 0 saturated carbocycles. The highest BCUT2D eigenvalue weighted by Crippen LogP contribution is 2.27. The second-order valence-corrected chi connectivity index (χ2v) is 5.56. The molecule has 20 heavy (non-hydrogen) atoms. The first-order valence-electron chi connectivity index (χ1n) is 7.12. The molecule has 4 nitrogen and oxygen atoms in total. The van der Waals surface area contributed by atoms with Crippen molar-refractivity contribution in [1.82, 2.24) is 14.8 Å². The lowest BCUT2D eigenvalue weighted by molar-refractivity contribution is 0.0556. The van der Waals surface area contributed by atoms with Crippen LogP contribution >= 0.6 is 0 Å². The molecule has 1 amide bonds. The summed E-state index contributed by atoms with van der Waals surface area (Å²) in [5.41, 5.74) is 0.373. The first kappa shape index (κ1) is 13.5. The summed E-state index contributed by atoms with van der Waals surface area (Å²) in [4.78, 5) is 14.5. The Hall–Kier alpha value is -1.43.